The van der Waals surface area contributed by atoms with Crippen LogP contribution in [0.15, 0.2) is 47.3 Å². The van der Waals surface area contributed by atoms with Crippen molar-refractivity contribution in [3.05, 3.63) is 74.7 Å². The zero-order valence-corrected chi connectivity index (χ0v) is 15.6. The number of nitrogens with zero attached hydrogens (tertiary/aromatic N) is 2. The Bertz CT molecular complexity index is 1040. The molecule has 1 heterocycles. The number of rotatable bonds is 4. The maximum absolute atomic E-state index is 12.5. The molecule has 0 unspecified atom stereocenters. The van der Waals surface area contributed by atoms with Crippen LogP contribution in [0.5, 0.6) is 0 Å². The van der Waals surface area contributed by atoms with Crippen molar-refractivity contribution < 1.29 is 9.53 Å². The Balaban J connectivity index is 1.93. The van der Waals surface area contributed by atoms with Gasteiger partial charge in [-0.15, -0.1) is 0 Å². The zero-order valence-electron chi connectivity index (χ0n) is 14.8. The fourth-order valence-electron chi connectivity index (χ4n) is 2.91. The van der Waals surface area contributed by atoms with Gasteiger partial charge in [0.2, 0.25) is 0 Å². The Morgan fingerprint density at radius 1 is 1.27 bits per heavy atom. The Kier molecular flexibility index (Phi) is 5.09. The number of ether oxygens (including phenoxy) is 1. The number of hydrogen-bond acceptors (Lipinski definition) is 4. The van der Waals surface area contributed by atoms with Crippen LogP contribution >= 0.6 is 11.6 Å². The molecule has 0 radical (unpaired) electrons. The topological polar surface area (TPSA) is 61.2 Å². The van der Waals surface area contributed by atoms with E-state index in [0.29, 0.717) is 33.9 Å². The summed E-state index contributed by atoms with van der Waals surface area (Å²) in [7, 11) is 0. The molecule has 0 spiro atoms. The van der Waals surface area contributed by atoms with Crippen molar-refractivity contribution in [2.75, 3.05) is 0 Å². The molecule has 0 amide bonds. The number of carbonyl (C=O) groups is 1. The second-order valence-corrected chi connectivity index (χ2v) is 6.43. The first-order valence-corrected chi connectivity index (χ1v) is 8.76. The summed E-state index contributed by atoms with van der Waals surface area (Å²) in [5.74, 6) is -0.465. The van der Waals surface area contributed by atoms with Gasteiger partial charge in [-0.25, -0.2) is 9.78 Å². The number of hydrogen-bond donors (Lipinski definition) is 0. The molecular formula is C20H19ClN2O3. The maximum atomic E-state index is 12.5. The van der Waals surface area contributed by atoms with Gasteiger partial charge in [0.05, 0.1) is 16.6 Å². The number of aromatic nitrogens is 2. The summed E-state index contributed by atoms with van der Waals surface area (Å²) in [6, 6.07) is 12.3. The van der Waals surface area contributed by atoms with Gasteiger partial charge in [0.15, 0.2) is 0 Å². The smallest absolute Gasteiger partial charge is 0.338 e. The molecule has 26 heavy (non-hydrogen) atoms. The number of esters is 1. The molecule has 1 aromatic heterocycles. The van der Waals surface area contributed by atoms with Gasteiger partial charge >= 0.3 is 5.97 Å². The summed E-state index contributed by atoms with van der Waals surface area (Å²) >= 11 is 6.16. The highest BCUT2D eigenvalue weighted by Crippen LogP contribution is 2.26. The lowest BCUT2D eigenvalue weighted by molar-refractivity contribution is 0.0338. The molecule has 0 saturated heterocycles. The van der Waals surface area contributed by atoms with Crippen LogP contribution in [0.25, 0.3) is 11.0 Å². The Morgan fingerprint density at radius 3 is 2.69 bits per heavy atom. The summed E-state index contributed by atoms with van der Waals surface area (Å²) in [5.41, 5.74) is 2.68. The van der Waals surface area contributed by atoms with Crippen LogP contribution in [0.3, 0.4) is 0 Å². The molecule has 0 aliphatic rings. The third-order valence-corrected chi connectivity index (χ3v) is 4.63. The summed E-state index contributed by atoms with van der Waals surface area (Å²) in [6.45, 7) is 5.87. The molecule has 0 aliphatic heterocycles. The second-order valence-electron chi connectivity index (χ2n) is 6.02. The normalized spacial score (nSPS) is 12.2. The van der Waals surface area contributed by atoms with Crippen molar-refractivity contribution in [1.82, 2.24) is 9.55 Å². The van der Waals surface area contributed by atoms with E-state index >= 15 is 0 Å². The fourth-order valence-corrected chi connectivity index (χ4v) is 3.20. The molecule has 0 saturated carbocycles. The van der Waals surface area contributed by atoms with Gasteiger partial charge in [0.25, 0.3) is 5.56 Å². The van der Waals surface area contributed by atoms with Gasteiger partial charge in [0, 0.05) is 17.1 Å². The first kappa shape index (κ1) is 18.1. The number of aryl methyl sites for hydroxylation is 2. The molecule has 2 aromatic carbocycles. The number of carbonyl (C=O) groups excluding carboxylic acids is 1. The van der Waals surface area contributed by atoms with Crippen LogP contribution in [0.1, 0.15) is 41.6 Å². The predicted octanol–water partition coefficient (Wildman–Crippen LogP) is 4.30. The standard InChI is InChI=1S/C20H19ClN2O3/c1-4-23-18-10-9-14(11-17(18)22-12(2)19(23)24)20(25)26-13(3)15-7-5-6-8-16(15)21/h5-11,13H,4H2,1-3H3/t13-/m0/s1. The van der Waals surface area contributed by atoms with Crippen LogP contribution in [-0.2, 0) is 11.3 Å². The Morgan fingerprint density at radius 2 is 2.00 bits per heavy atom. The van der Waals surface area contributed by atoms with E-state index in [2.05, 4.69) is 4.98 Å². The SMILES string of the molecule is CCn1c(=O)c(C)nc2cc(C(=O)O[C@@H](C)c3ccccc3Cl)ccc21. The minimum Gasteiger partial charge on any atom is -0.454 e. The Labute approximate surface area is 156 Å². The number of fused-ring (bicyclic) bond motifs is 1. The van der Waals surface area contributed by atoms with Crippen LogP contribution in [0.4, 0.5) is 0 Å². The molecule has 3 aromatic rings. The van der Waals surface area contributed by atoms with Gasteiger partial charge in [-0.2, -0.15) is 0 Å². The predicted molar refractivity (Wildman–Crippen MR) is 102 cm³/mol. The third kappa shape index (κ3) is 3.35. The molecule has 3 rings (SSSR count). The molecule has 0 aliphatic carbocycles. The average molecular weight is 371 g/mol. The molecule has 5 nitrogen and oxygen atoms in total. The highest BCUT2D eigenvalue weighted by Gasteiger charge is 2.17. The molecule has 1 atom stereocenters. The summed E-state index contributed by atoms with van der Waals surface area (Å²) in [5, 5.41) is 0.551. The minimum atomic E-state index is -0.480. The lowest BCUT2D eigenvalue weighted by Crippen LogP contribution is -2.23. The first-order valence-electron chi connectivity index (χ1n) is 8.39. The van der Waals surface area contributed by atoms with E-state index in [1.54, 1.807) is 42.7 Å². The second kappa shape index (κ2) is 7.30. The van der Waals surface area contributed by atoms with E-state index in [1.165, 1.54) is 0 Å². The van der Waals surface area contributed by atoms with Crippen molar-refractivity contribution in [1.29, 1.82) is 0 Å². The molecule has 0 bridgehead atoms. The summed E-state index contributed by atoms with van der Waals surface area (Å²) in [6.07, 6.45) is -0.480. The quantitative estimate of drug-likeness (QED) is 0.642. The largest absolute Gasteiger partial charge is 0.454 e. The zero-order chi connectivity index (χ0) is 18.8. The van der Waals surface area contributed by atoms with Gasteiger partial charge in [-0.3, -0.25) is 4.79 Å². The Hall–Kier alpha value is -2.66. The van der Waals surface area contributed by atoms with Crippen LogP contribution in [0, 0.1) is 6.92 Å². The van der Waals surface area contributed by atoms with E-state index in [9.17, 15) is 9.59 Å². The lowest BCUT2D eigenvalue weighted by atomic mass is 10.1. The van der Waals surface area contributed by atoms with Gasteiger partial charge < -0.3 is 9.30 Å². The average Bonchev–Trinajstić information content (AvgIpc) is 2.62. The fraction of sp³-hybridized carbons (Fsp3) is 0.250. The summed E-state index contributed by atoms with van der Waals surface area (Å²) in [4.78, 5) is 29.0. The molecule has 0 N–H and O–H groups in total. The lowest BCUT2D eigenvalue weighted by Gasteiger charge is -2.15. The van der Waals surface area contributed by atoms with Gasteiger partial charge in [0.1, 0.15) is 11.8 Å². The summed E-state index contributed by atoms with van der Waals surface area (Å²) < 4.78 is 7.18. The molecule has 0 fully saturated rings. The van der Waals surface area contributed by atoms with E-state index in [1.807, 2.05) is 25.1 Å². The van der Waals surface area contributed by atoms with Crippen LogP contribution < -0.4 is 5.56 Å². The van der Waals surface area contributed by atoms with Gasteiger partial charge in [-0.05, 0) is 45.0 Å². The molecule has 134 valence electrons. The number of benzene rings is 2. The van der Waals surface area contributed by atoms with Crippen molar-refractivity contribution >= 4 is 28.6 Å². The molecular weight excluding hydrogens is 352 g/mol. The van der Waals surface area contributed by atoms with E-state index in [4.69, 9.17) is 16.3 Å². The highest BCUT2D eigenvalue weighted by atomic mass is 35.5. The van der Waals surface area contributed by atoms with Crippen molar-refractivity contribution in [2.24, 2.45) is 0 Å². The maximum Gasteiger partial charge on any atom is 0.338 e. The van der Waals surface area contributed by atoms with Crippen molar-refractivity contribution in [2.45, 2.75) is 33.4 Å². The van der Waals surface area contributed by atoms with E-state index in [0.717, 1.165) is 5.56 Å². The van der Waals surface area contributed by atoms with E-state index in [-0.39, 0.29) is 5.56 Å². The van der Waals surface area contributed by atoms with Gasteiger partial charge in [-0.1, -0.05) is 29.8 Å². The monoisotopic (exact) mass is 370 g/mol. The third-order valence-electron chi connectivity index (χ3n) is 4.29. The highest BCUT2D eigenvalue weighted by molar-refractivity contribution is 6.31. The minimum absolute atomic E-state index is 0.123. The van der Waals surface area contributed by atoms with Crippen LogP contribution in [0.2, 0.25) is 5.02 Å². The molecule has 6 heteroatoms. The van der Waals surface area contributed by atoms with E-state index < -0.39 is 12.1 Å². The first-order chi connectivity index (χ1) is 12.4. The van der Waals surface area contributed by atoms with Crippen LogP contribution in [-0.4, -0.2) is 15.5 Å². The van der Waals surface area contributed by atoms with Crippen molar-refractivity contribution in [3.8, 4) is 0 Å². The van der Waals surface area contributed by atoms with Crippen molar-refractivity contribution in [3.63, 3.8) is 0 Å². The number of halogens is 1.